The zero-order valence-corrected chi connectivity index (χ0v) is 9.37. The van der Waals surface area contributed by atoms with Crippen LogP contribution in [-0.2, 0) is 13.9 Å². The summed E-state index contributed by atoms with van der Waals surface area (Å²) in [5.41, 5.74) is 0.177. The van der Waals surface area contributed by atoms with Crippen molar-refractivity contribution < 1.29 is 33.9 Å². The van der Waals surface area contributed by atoms with E-state index in [1.54, 1.807) is 0 Å². The molecule has 3 atom stereocenters. The number of aliphatic hydroxyl groups excluding tert-OH is 2. The number of ketones is 1. The molecule has 92 valence electrons. The Bertz CT molecular complexity index is 357. The minimum absolute atomic E-state index is 0.0580. The van der Waals surface area contributed by atoms with Gasteiger partial charge in [0, 0.05) is 6.42 Å². The highest BCUT2D eigenvalue weighted by Crippen LogP contribution is 2.40. The van der Waals surface area contributed by atoms with Crippen LogP contribution in [0, 0.1) is 0 Å². The molecule has 7 nitrogen and oxygen atoms in total. The molecule has 4 N–H and O–H groups in total. The summed E-state index contributed by atoms with van der Waals surface area (Å²) in [4.78, 5) is 28.2. The zero-order chi connectivity index (χ0) is 12.5. The first-order valence-electron chi connectivity index (χ1n) is 4.52. The first kappa shape index (κ1) is 13.5. The molecule has 0 bridgehead atoms. The van der Waals surface area contributed by atoms with Crippen molar-refractivity contribution in [2.24, 2.45) is 0 Å². The Hall–Kier alpha value is -0.560. The molecule has 0 amide bonds. The average Bonchev–Trinajstić information content (AvgIpc) is 2.10. The third kappa shape index (κ3) is 3.48. The van der Waals surface area contributed by atoms with Gasteiger partial charge in [0.05, 0.1) is 6.10 Å². The zero-order valence-electron chi connectivity index (χ0n) is 8.48. The molecule has 0 aliphatic heterocycles. The van der Waals surface area contributed by atoms with E-state index in [4.69, 9.17) is 9.79 Å². The molecule has 0 spiro atoms. The third-order valence-electron chi connectivity index (χ3n) is 2.24. The topological polar surface area (TPSA) is 124 Å². The largest absolute Gasteiger partial charge is 0.470 e. The minimum atomic E-state index is -4.78. The molecule has 1 aliphatic rings. The molecule has 0 fully saturated rings. The molecule has 16 heavy (non-hydrogen) atoms. The monoisotopic (exact) mass is 252 g/mol. The number of Topliss-reactive ketones (excluding diaryl/α,β-unsaturated/α-hetero) is 1. The van der Waals surface area contributed by atoms with E-state index in [-0.39, 0.29) is 17.8 Å². The predicted octanol–water partition coefficient (Wildman–Crippen LogP) is -0.895. The fraction of sp³-hybridized carbons (Fsp3) is 0.625. The van der Waals surface area contributed by atoms with E-state index in [0.29, 0.717) is 0 Å². The second kappa shape index (κ2) is 4.75. The highest BCUT2D eigenvalue weighted by molar-refractivity contribution is 7.46. The van der Waals surface area contributed by atoms with Gasteiger partial charge in [0.15, 0.2) is 5.78 Å². The van der Waals surface area contributed by atoms with Gasteiger partial charge in [0.2, 0.25) is 0 Å². The van der Waals surface area contributed by atoms with Crippen LogP contribution < -0.4 is 0 Å². The predicted molar refractivity (Wildman–Crippen MR) is 52.3 cm³/mol. The number of phosphoric ester groups is 1. The van der Waals surface area contributed by atoms with E-state index >= 15 is 0 Å². The molecule has 0 radical (unpaired) electrons. The van der Waals surface area contributed by atoms with Gasteiger partial charge in [-0.05, 0) is 18.6 Å². The number of aliphatic hydroxyl groups is 2. The van der Waals surface area contributed by atoms with Crippen LogP contribution >= 0.6 is 7.82 Å². The normalized spacial score (nSPS) is 31.1. The Labute approximate surface area is 91.6 Å². The Morgan fingerprint density at radius 1 is 1.50 bits per heavy atom. The van der Waals surface area contributed by atoms with Gasteiger partial charge in [-0.2, -0.15) is 0 Å². The fourth-order valence-electron chi connectivity index (χ4n) is 1.44. The standard InChI is InChI=1S/C8H13O7P/c1-4(9)5-2-6(10)8(11)7(3-5)15-16(12,13)14/h3,6-8,10-11H,2H2,1H3,(H2,12,13,14). The maximum atomic E-state index is 11.1. The molecule has 0 aromatic rings. The van der Waals surface area contributed by atoms with Gasteiger partial charge in [-0.3, -0.25) is 9.32 Å². The summed E-state index contributed by atoms with van der Waals surface area (Å²) in [5.74, 6) is -0.342. The van der Waals surface area contributed by atoms with Crippen LogP contribution in [0.5, 0.6) is 0 Å². The molecule has 0 aromatic carbocycles. The van der Waals surface area contributed by atoms with Crippen LogP contribution in [0.4, 0.5) is 0 Å². The summed E-state index contributed by atoms with van der Waals surface area (Å²) in [6.45, 7) is 1.25. The lowest BCUT2D eigenvalue weighted by Gasteiger charge is -2.29. The van der Waals surface area contributed by atoms with Gasteiger partial charge in [0.1, 0.15) is 12.2 Å². The Balaban J connectivity index is 2.92. The first-order valence-corrected chi connectivity index (χ1v) is 6.05. The lowest BCUT2D eigenvalue weighted by Crippen LogP contribution is -2.41. The molecule has 1 rings (SSSR count). The number of phosphoric acid groups is 1. The van der Waals surface area contributed by atoms with E-state index in [9.17, 15) is 19.6 Å². The summed E-state index contributed by atoms with van der Waals surface area (Å²) in [5, 5.41) is 18.8. The van der Waals surface area contributed by atoms with Crippen molar-refractivity contribution in [3.05, 3.63) is 11.6 Å². The second-order valence-electron chi connectivity index (χ2n) is 3.57. The van der Waals surface area contributed by atoms with E-state index in [1.807, 2.05) is 0 Å². The van der Waals surface area contributed by atoms with E-state index in [0.717, 1.165) is 6.08 Å². The highest BCUT2D eigenvalue weighted by atomic mass is 31.2. The van der Waals surface area contributed by atoms with E-state index in [1.165, 1.54) is 6.92 Å². The molecule has 0 heterocycles. The summed E-state index contributed by atoms with van der Waals surface area (Å²) in [6.07, 6.45) is -3.06. The molecule has 3 unspecified atom stereocenters. The Morgan fingerprint density at radius 3 is 2.50 bits per heavy atom. The molecular formula is C8H13O7P. The van der Waals surface area contributed by atoms with Crippen LogP contribution in [-0.4, -0.2) is 44.1 Å². The smallest absolute Gasteiger partial charge is 0.390 e. The van der Waals surface area contributed by atoms with E-state index in [2.05, 4.69) is 4.52 Å². The number of hydrogen-bond donors (Lipinski definition) is 4. The molecule has 8 heteroatoms. The lowest BCUT2D eigenvalue weighted by atomic mass is 9.90. The maximum Gasteiger partial charge on any atom is 0.470 e. The van der Waals surface area contributed by atoms with Crippen LogP contribution in [0.3, 0.4) is 0 Å². The SMILES string of the molecule is CC(=O)C1=CC(OP(=O)(O)O)C(O)C(O)C1. The first-order chi connectivity index (χ1) is 7.20. The van der Waals surface area contributed by atoms with Crippen LogP contribution in [0.1, 0.15) is 13.3 Å². The summed E-state index contributed by atoms with van der Waals surface area (Å²) in [7, 11) is -4.78. The minimum Gasteiger partial charge on any atom is -0.390 e. The number of carbonyl (C=O) groups is 1. The molecule has 1 aliphatic carbocycles. The fourth-order valence-corrected chi connectivity index (χ4v) is 1.95. The number of carbonyl (C=O) groups excluding carboxylic acids is 1. The highest BCUT2D eigenvalue weighted by Gasteiger charge is 2.36. The van der Waals surface area contributed by atoms with Gasteiger partial charge in [0.25, 0.3) is 0 Å². The van der Waals surface area contributed by atoms with E-state index < -0.39 is 26.1 Å². The van der Waals surface area contributed by atoms with Crippen LogP contribution in [0.2, 0.25) is 0 Å². The van der Waals surface area contributed by atoms with Crippen molar-refractivity contribution in [3.8, 4) is 0 Å². The van der Waals surface area contributed by atoms with Gasteiger partial charge in [-0.25, -0.2) is 4.57 Å². The van der Waals surface area contributed by atoms with Crippen LogP contribution in [0.25, 0.3) is 0 Å². The average molecular weight is 252 g/mol. The lowest BCUT2D eigenvalue weighted by molar-refractivity contribution is -0.115. The molecule has 0 saturated heterocycles. The molecule has 0 saturated carbocycles. The van der Waals surface area contributed by atoms with Crippen molar-refractivity contribution in [2.45, 2.75) is 31.7 Å². The van der Waals surface area contributed by atoms with Crippen molar-refractivity contribution in [1.82, 2.24) is 0 Å². The molecular weight excluding hydrogens is 239 g/mol. The van der Waals surface area contributed by atoms with Crippen molar-refractivity contribution in [3.63, 3.8) is 0 Å². The third-order valence-corrected chi connectivity index (χ3v) is 2.75. The van der Waals surface area contributed by atoms with Gasteiger partial charge in [-0.15, -0.1) is 0 Å². The number of rotatable bonds is 3. The Morgan fingerprint density at radius 2 is 2.06 bits per heavy atom. The van der Waals surface area contributed by atoms with Gasteiger partial charge >= 0.3 is 7.82 Å². The second-order valence-corrected chi connectivity index (χ2v) is 4.76. The van der Waals surface area contributed by atoms with Crippen molar-refractivity contribution in [1.29, 1.82) is 0 Å². The quantitative estimate of drug-likeness (QED) is 0.480. The maximum absolute atomic E-state index is 11.1. The molecule has 0 aromatic heterocycles. The summed E-state index contributed by atoms with van der Waals surface area (Å²) < 4.78 is 14.9. The van der Waals surface area contributed by atoms with Crippen LogP contribution in [0.15, 0.2) is 11.6 Å². The Kier molecular flexibility index (Phi) is 4.01. The number of hydrogen-bond acceptors (Lipinski definition) is 5. The van der Waals surface area contributed by atoms with Gasteiger partial charge < -0.3 is 20.0 Å². The summed E-state index contributed by atoms with van der Waals surface area (Å²) in [6, 6.07) is 0. The van der Waals surface area contributed by atoms with Crippen molar-refractivity contribution >= 4 is 13.6 Å². The van der Waals surface area contributed by atoms with Crippen molar-refractivity contribution in [2.75, 3.05) is 0 Å². The van der Waals surface area contributed by atoms with Gasteiger partial charge in [-0.1, -0.05) is 0 Å². The summed E-state index contributed by atoms with van der Waals surface area (Å²) >= 11 is 0.